The van der Waals surface area contributed by atoms with Gasteiger partial charge in [0.1, 0.15) is 6.67 Å². The number of ether oxygens (including phenoxy) is 1. The molecule has 0 heterocycles. The summed E-state index contributed by atoms with van der Waals surface area (Å²) in [5, 5.41) is 3.22. The normalized spacial score (nSPS) is 30.5. The summed E-state index contributed by atoms with van der Waals surface area (Å²) >= 11 is 0. The molecule has 0 aromatic carbocycles. The molecule has 0 saturated heterocycles. The molecule has 1 N–H and O–H groups in total. The van der Waals surface area contributed by atoms with Crippen molar-refractivity contribution in [1.29, 1.82) is 0 Å². The van der Waals surface area contributed by atoms with Gasteiger partial charge < -0.3 is 10.1 Å². The third kappa shape index (κ3) is 2.72. The molecule has 3 heteroatoms. The third-order valence-corrected chi connectivity index (χ3v) is 2.48. The zero-order valence-corrected chi connectivity index (χ0v) is 7.68. The van der Waals surface area contributed by atoms with Crippen molar-refractivity contribution in [2.75, 3.05) is 20.3 Å². The largest absolute Gasteiger partial charge is 0.374 e. The molecule has 0 amide bonds. The summed E-state index contributed by atoms with van der Waals surface area (Å²) in [6, 6.07) is 0.435. The molecule has 2 atom stereocenters. The van der Waals surface area contributed by atoms with Gasteiger partial charge in [0.05, 0.1) is 12.7 Å². The maximum absolute atomic E-state index is 11.8. The van der Waals surface area contributed by atoms with Crippen LogP contribution >= 0.6 is 0 Å². The minimum Gasteiger partial charge on any atom is -0.374 e. The van der Waals surface area contributed by atoms with E-state index in [4.69, 9.17) is 4.74 Å². The van der Waals surface area contributed by atoms with E-state index in [9.17, 15) is 4.39 Å². The van der Waals surface area contributed by atoms with E-state index in [0.29, 0.717) is 6.04 Å². The number of alkyl halides is 1. The zero-order valence-electron chi connectivity index (χ0n) is 7.68. The fourth-order valence-electron chi connectivity index (χ4n) is 1.82. The van der Waals surface area contributed by atoms with Gasteiger partial charge in [0.15, 0.2) is 0 Å². The maximum atomic E-state index is 11.8. The van der Waals surface area contributed by atoms with Crippen LogP contribution in [0.4, 0.5) is 4.39 Å². The number of halogens is 1. The quantitative estimate of drug-likeness (QED) is 0.699. The molecule has 1 fully saturated rings. The Morgan fingerprint density at radius 3 is 2.83 bits per heavy atom. The summed E-state index contributed by atoms with van der Waals surface area (Å²) < 4.78 is 17.2. The van der Waals surface area contributed by atoms with E-state index in [2.05, 4.69) is 5.32 Å². The first-order valence-corrected chi connectivity index (χ1v) is 4.73. The standard InChI is InChI=1S/C9H18FNO/c1-11-8-4-2-3-5-9(8)12-7-6-10/h8-9,11H,2-7H2,1H3. The highest BCUT2D eigenvalue weighted by atomic mass is 19.1. The minimum absolute atomic E-state index is 0.236. The highest BCUT2D eigenvalue weighted by Gasteiger charge is 2.23. The lowest BCUT2D eigenvalue weighted by molar-refractivity contribution is 0.00132. The van der Waals surface area contributed by atoms with Crippen LogP contribution in [0.15, 0.2) is 0 Å². The summed E-state index contributed by atoms with van der Waals surface area (Å²) in [7, 11) is 1.95. The second-order valence-corrected chi connectivity index (χ2v) is 3.28. The Morgan fingerprint density at radius 1 is 1.42 bits per heavy atom. The highest BCUT2D eigenvalue weighted by molar-refractivity contribution is 4.80. The Balaban J connectivity index is 2.26. The lowest BCUT2D eigenvalue weighted by Gasteiger charge is -2.30. The van der Waals surface area contributed by atoms with Gasteiger partial charge in [-0.25, -0.2) is 4.39 Å². The first-order valence-electron chi connectivity index (χ1n) is 4.73. The van der Waals surface area contributed by atoms with Gasteiger partial charge in [-0.3, -0.25) is 0 Å². The van der Waals surface area contributed by atoms with Crippen molar-refractivity contribution in [3.8, 4) is 0 Å². The monoisotopic (exact) mass is 175 g/mol. The molecule has 1 aliphatic rings. The summed E-state index contributed by atoms with van der Waals surface area (Å²) in [5.74, 6) is 0. The summed E-state index contributed by atoms with van der Waals surface area (Å²) in [6.45, 7) is -0.115. The van der Waals surface area contributed by atoms with Gasteiger partial charge in [-0.15, -0.1) is 0 Å². The molecule has 0 aromatic heterocycles. The van der Waals surface area contributed by atoms with Crippen LogP contribution in [0.5, 0.6) is 0 Å². The van der Waals surface area contributed by atoms with E-state index in [1.54, 1.807) is 0 Å². The van der Waals surface area contributed by atoms with Crippen molar-refractivity contribution < 1.29 is 9.13 Å². The van der Waals surface area contributed by atoms with Gasteiger partial charge in [-0.05, 0) is 19.9 Å². The maximum Gasteiger partial charge on any atom is 0.113 e. The van der Waals surface area contributed by atoms with Crippen molar-refractivity contribution in [2.24, 2.45) is 0 Å². The fraction of sp³-hybridized carbons (Fsp3) is 1.00. The number of hydrogen-bond acceptors (Lipinski definition) is 2. The van der Waals surface area contributed by atoms with Crippen LogP contribution in [0.1, 0.15) is 25.7 Å². The van der Waals surface area contributed by atoms with Crippen LogP contribution in [-0.4, -0.2) is 32.5 Å². The van der Waals surface area contributed by atoms with E-state index in [0.717, 1.165) is 12.8 Å². The van der Waals surface area contributed by atoms with Crippen LogP contribution in [0.25, 0.3) is 0 Å². The predicted octanol–water partition coefficient (Wildman–Crippen LogP) is 1.50. The SMILES string of the molecule is CNC1CCCCC1OCCF. The lowest BCUT2D eigenvalue weighted by Crippen LogP contribution is -2.42. The molecule has 72 valence electrons. The lowest BCUT2D eigenvalue weighted by atomic mass is 9.92. The second-order valence-electron chi connectivity index (χ2n) is 3.28. The fourth-order valence-corrected chi connectivity index (χ4v) is 1.82. The molecule has 0 spiro atoms. The molecular formula is C9H18FNO. The third-order valence-electron chi connectivity index (χ3n) is 2.48. The van der Waals surface area contributed by atoms with Crippen molar-refractivity contribution in [1.82, 2.24) is 5.32 Å². The Morgan fingerprint density at radius 2 is 2.17 bits per heavy atom. The van der Waals surface area contributed by atoms with E-state index in [1.165, 1.54) is 12.8 Å². The molecule has 12 heavy (non-hydrogen) atoms. The van der Waals surface area contributed by atoms with Crippen LogP contribution < -0.4 is 5.32 Å². The van der Waals surface area contributed by atoms with Crippen molar-refractivity contribution in [2.45, 2.75) is 37.8 Å². The van der Waals surface area contributed by atoms with Gasteiger partial charge >= 0.3 is 0 Å². The van der Waals surface area contributed by atoms with Crippen LogP contribution in [-0.2, 0) is 4.74 Å². The number of hydrogen-bond donors (Lipinski definition) is 1. The van der Waals surface area contributed by atoms with Crippen molar-refractivity contribution in [3.63, 3.8) is 0 Å². The first-order chi connectivity index (χ1) is 5.88. The Labute approximate surface area is 73.5 Å². The smallest absolute Gasteiger partial charge is 0.113 e. The molecule has 0 aliphatic heterocycles. The van der Waals surface area contributed by atoms with Crippen LogP contribution in [0, 0.1) is 0 Å². The molecule has 1 aliphatic carbocycles. The Hall–Kier alpha value is -0.150. The molecule has 1 saturated carbocycles. The minimum atomic E-state index is -0.368. The molecule has 0 aromatic rings. The molecule has 2 unspecified atom stereocenters. The molecule has 0 bridgehead atoms. The number of rotatable bonds is 4. The molecular weight excluding hydrogens is 157 g/mol. The number of likely N-dealkylation sites (N-methyl/N-ethyl adjacent to an activating group) is 1. The second kappa shape index (κ2) is 5.49. The summed E-state index contributed by atoms with van der Waals surface area (Å²) in [6.07, 6.45) is 4.95. The average molecular weight is 175 g/mol. The van der Waals surface area contributed by atoms with Crippen molar-refractivity contribution in [3.05, 3.63) is 0 Å². The highest BCUT2D eigenvalue weighted by Crippen LogP contribution is 2.20. The van der Waals surface area contributed by atoms with E-state index in [-0.39, 0.29) is 19.4 Å². The Bertz CT molecular complexity index is 121. The van der Waals surface area contributed by atoms with E-state index < -0.39 is 0 Å². The predicted molar refractivity (Wildman–Crippen MR) is 47.0 cm³/mol. The molecule has 2 nitrogen and oxygen atoms in total. The van der Waals surface area contributed by atoms with E-state index >= 15 is 0 Å². The summed E-state index contributed by atoms with van der Waals surface area (Å²) in [4.78, 5) is 0. The first kappa shape index (κ1) is 9.93. The molecule has 0 radical (unpaired) electrons. The zero-order chi connectivity index (χ0) is 8.81. The van der Waals surface area contributed by atoms with Gasteiger partial charge in [0.2, 0.25) is 0 Å². The van der Waals surface area contributed by atoms with Crippen LogP contribution in [0.3, 0.4) is 0 Å². The topological polar surface area (TPSA) is 21.3 Å². The van der Waals surface area contributed by atoms with Gasteiger partial charge in [0, 0.05) is 6.04 Å². The van der Waals surface area contributed by atoms with Gasteiger partial charge in [-0.1, -0.05) is 12.8 Å². The van der Waals surface area contributed by atoms with Crippen LogP contribution in [0.2, 0.25) is 0 Å². The van der Waals surface area contributed by atoms with E-state index in [1.807, 2.05) is 7.05 Å². The van der Waals surface area contributed by atoms with Crippen molar-refractivity contribution >= 4 is 0 Å². The van der Waals surface area contributed by atoms with Gasteiger partial charge in [0.25, 0.3) is 0 Å². The Kier molecular flexibility index (Phi) is 4.54. The number of nitrogens with one attached hydrogen (secondary N) is 1. The van der Waals surface area contributed by atoms with Gasteiger partial charge in [-0.2, -0.15) is 0 Å². The summed E-state index contributed by atoms with van der Waals surface area (Å²) in [5.41, 5.74) is 0. The molecule has 1 rings (SSSR count). The average Bonchev–Trinajstić information content (AvgIpc) is 2.15.